The van der Waals surface area contributed by atoms with Gasteiger partial charge in [0.15, 0.2) is 6.23 Å². The molecule has 0 amide bonds. The number of nitrogens with zero attached hydrogens (tertiary/aromatic N) is 1. The third kappa shape index (κ3) is 3.06. The van der Waals surface area contributed by atoms with Gasteiger partial charge in [0.25, 0.3) is 0 Å². The molecule has 2 unspecified atom stereocenters. The molecule has 0 spiro atoms. The number of aryl methyl sites for hydroxylation is 1. The molecule has 0 saturated carbocycles. The number of rotatable bonds is 4. The van der Waals surface area contributed by atoms with E-state index in [1.54, 1.807) is 7.11 Å². The lowest BCUT2D eigenvalue weighted by Crippen LogP contribution is -2.24. The summed E-state index contributed by atoms with van der Waals surface area (Å²) in [6.45, 7) is 2.88. The molecule has 0 bridgehead atoms. The van der Waals surface area contributed by atoms with Crippen molar-refractivity contribution in [1.29, 1.82) is 0 Å². The summed E-state index contributed by atoms with van der Waals surface area (Å²) < 4.78 is 11.3. The molecule has 1 aliphatic rings. The first kappa shape index (κ1) is 15.2. The normalized spacial score (nSPS) is 21.1. The zero-order chi connectivity index (χ0) is 15.5. The van der Waals surface area contributed by atoms with Crippen LogP contribution in [0.1, 0.15) is 17.4 Å². The number of methoxy groups -OCH3 is 1. The SMILES string of the molecule is COc1ccc(C2OC(CCl)CN2c2ccc(C)cc2)cc1. The third-order valence-corrected chi connectivity index (χ3v) is 4.29. The molecule has 1 heterocycles. The summed E-state index contributed by atoms with van der Waals surface area (Å²) in [6.07, 6.45) is -0.0765. The van der Waals surface area contributed by atoms with Crippen LogP contribution in [0, 0.1) is 6.92 Å². The minimum Gasteiger partial charge on any atom is -0.497 e. The van der Waals surface area contributed by atoms with E-state index in [2.05, 4.69) is 36.1 Å². The van der Waals surface area contributed by atoms with Gasteiger partial charge in [0.1, 0.15) is 5.75 Å². The van der Waals surface area contributed by atoms with E-state index >= 15 is 0 Å². The lowest BCUT2D eigenvalue weighted by Gasteiger charge is -2.25. The van der Waals surface area contributed by atoms with Crippen LogP contribution in [0.25, 0.3) is 0 Å². The van der Waals surface area contributed by atoms with Crippen molar-refractivity contribution in [2.75, 3.05) is 24.4 Å². The van der Waals surface area contributed by atoms with E-state index in [4.69, 9.17) is 21.1 Å². The number of ether oxygens (including phenoxy) is 2. The number of halogens is 1. The second-order valence-electron chi connectivity index (χ2n) is 5.53. The molecular weight excluding hydrogens is 298 g/mol. The minimum absolute atomic E-state index is 0.0371. The fourth-order valence-electron chi connectivity index (χ4n) is 2.70. The van der Waals surface area contributed by atoms with Crippen molar-refractivity contribution in [3.8, 4) is 5.75 Å². The maximum atomic E-state index is 6.12. The Kier molecular flexibility index (Phi) is 4.55. The van der Waals surface area contributed by atoms with Gasteiger partial charge >= 0.3 is 0 Å². The molecule has 22 heavy (non-hydrogen) atoms. The van der Waals surface area contributed by atoms with E-state index in [0.717, 1.165) is 23.5 Å². The van der Waals surface area contributed by atoms with Crippen LogP contribution in [0.5, 0.6) is 5.75 Å². The quantitative estimate of drug-likeness (QED) is 0.791. The average molecular weight is 318 g/mol. The van der Waals surface area contributed by atoms with Gasteiger partial charge in [-0.25, -0.2) is 0 Å². The van der Waals surface area contributed by atoms with E-state index in [-0.39, 0.29) is 12.3 Å². The molecule has 0 radical (unpaired) electrons. The van der Waals surface area contributed by atoms with Crippen molar-refractivity contribution in [2.45, 2.75) is 19.3 Å². The van der Waals surface area contributed by atoms with Crippen LogP contribution in [0.3, 0.4) is 0 Å². The van der Waals surface area contributed by atoms with Crippen molar-refractivity contribution in [2.24, 2.45) is 0 Å². The number of anilines is 1. The predicted octanol–water partition coefficient (Wildman–Crippen LogP) is 4.15. The molecule has 1 aliphatic heterocycles. The van der Waals surface area contributed by atoms with Crippen LogP contribution < -0.4 is 9.64 Å². The number of hydrogen-bond acceptors (Lipinski definition) is 3. The summed E-state index contributed by atoms with van der Waals surface area (Å²) in [5, 5.41) is 0. The number of benzene rings is 2. The highest BCUT2D eigenvalue weighted by atomic mass is 35.5. The van der Waals surface area contributed by atoms with Gasteiger partial charge in [-0.1, -0.05) is 29.8 Å². The smallest absolute Gasteiger partial charge is 0.157 e. The second kappa shape index (κ2) is 6.59. The Labute approximate surface area is 136 Å². The van der Waals surface area contributed by atoms with E-state index in [0.29, 0.717) is 5.88 Å². The Balaban J connectivity index is 1.90. The molecule has 116 valence electrons. The van der Waals surface area contributed by atoms with Gasteiger partial charge in [-0.05, 0) is 31.2 Å². The maximum absolute atomic E-state index is 6.12. The second-order valence-corrected chi connectivity index (χ2v) is 5.83. The highest BCUT2D eigenvalue weighted by Crippen LogP contribution is 2.35. The average Bonchev–Trinajstić information content (AvgIpc) is 3.00. The molecule has 1 saturated heterocycles. The predicted molar refractivity (Wildman–Crippen MR) is 89.9 cm³/mol. The molecule has 3 rings (SSSR count). The topological polar surface area (TPSA) is 21.7 Å². The van der Waals surface area contributed by atoms with Crippen molar-refractivity contribution in [1.82, 2.24) is 0 Å². The molecule has 3 nitrogen and oxygen atoms in total. The van der Waals surface area contributed by atoms with Crippen LogP contribution in [0.4, 0.5) is 5.69 Å². The summed E-state index contributed by atoms with van der Waals surface area (Å²) in [5.74, 6) is 1.34. The standard InChI is InChI=1S/C18H20ClNO2/c1-13-3-7-15(8-4-13)20-12-17(11-19)22-18(20)14-5-9-16(21-2)10-6-14/h3-10,17-18H,11-12H2,1-2H3. The lowest BCUT2D eigenvalue weighted by molar-refractivity contribution is 0.0605. The molecule has 2 aromatic rings. The molecule has 0 N–H and O–H groups in total. The van der Waals surface area contributed by atoms with Gasteiger partial charge in [-0.15, -0.1) is 11.6 Å². The van der Waals surface area contributed by atoms with Crippen molar-refractivity contribution in [3.63, 3.8) is 0 Å². The summed E-state index contributed by atoms with van der Waals surface area (Å²) in [6, 6.07) is 16.5. The van der Waals surface area contributed by atoms with Crippen LogP contribution in [-0.2, 0) is 4.74 Å². The fourth-order valence-corrected chi connectivity index (χ4v) is 2.87. The maximum Gasteiger partial charge on any atom is 0.157 e. The van der Waals surface area contributed by atoms with Crippen LogP contribution in [0.2, 0.25) is 0 Å². The Morgan fingerprint density at radius 3 is 2.41 bits per heavy atom. The van der Waals surface area contributed by atoms with E-state index in [9.17, 15) is 0 Å². The molecule has 2 atom stereocenters. The molecule has 2 aromatic carbocycles. The molecule has 0 aromatic heterocycles. The molecule has 0 aliphatic carbocycles. The lowest BCUT2D eigenvalue weighted by atomic mass is 10.1. The minimum atomic E-state index is -0.114. The zero-order valence-electron chi connectivity index (χ0n) is 12.8. The number of hydrogen-bond donors (Lipinski definition) is 0. The van der Waals surface area contributed by atoms with E-state index in [1.165, 1.54) is 5.56 Å². The first-order chi connectivity index (χ1) is 10.7. The summed E-state index contributed by atoms with van der Waals surface area (Å²) in [4.78, 5) is 2.26. The van der Waals surface area contributed by atoms with E-state index < -0.39 is 0 Å². The zero-order valence-corrected chi connectivity index (χ0v) is 13.6. The highest BCUT2D eigenvalue weighted by molar-refractivity contribution is 6.18. The van der Waals surface area contributed by atoms with Gasteiger partial charge in [-0.3, -0.25) is 0 Å². The van der Waals surface area contributed by atoms with Crippen molar-refractivity contribution in [3.05, 3.63) is 59.7 Å². The molecule has 1 fully saturated rings. The molecular formula is C18H20ClNO2. The number of alkyl halides is 1. The summed E-state index contributed by atoms with van der Waals surface area (Å²) >= 11 is 6.01. The highest BCUT2D eigenvalue weighted by Gasteiger charge is 2.33. The monoisotopic (exact) mass is 317 g/mol. The van der Waals surface area contributed by atoms with Gasteiger partial charge in [0.05, 0.1) is 19.1 Å². The first-order valence-corrected chi connectivity index (χ1v) is 7.93. The van der Waals surface area contributed by atoms with Gasteiger partial charge in [-0.2, -0.15) is 0 Å². The largest absolute Gasteiger partial charge is 0.497 e. The Bertz CT molecular complexity index is 612. The van der Waals surface area contributed by atoms with Crippen LogP contribution >= 0.6 is 11.6 Å². The van der Waals surface area contributed by atoms with Crippen LogP contribution in [0.15, 0.2) is 48.5 Å². The summed E-state index contributed by atoms with van der Waals surface area (Å²) in [5.41, 5.74) is 3.51. The van der Waals surface area contributed by atoms with Crippen molar-refractivity contribution >= 4 is 17.3 Å². The van der Waals surface area contributed by atoms with Gasteiger partial charge in [0.2, 0.25) is 0 Å². The van der Waals surface area contributed by atoms with Gasteiger partial charge in [0, 0.05) is 17.8 Å². The van der Waals surface area contributed by atoms with Gasteiger partial charge < -0.3 is 14.4 Å². The van der Waals surface area contributed by atoms with Crippen molar-refractivity contribution < 1.29 is 9.47 Å². The summed E-state index contributed by atoms with van der Waals surface area (Å²) in [7, 11) is 1.67. The molecule has 4 heteroatoms. The third-order valence-electron chi connectivity index (χ3n) is 3.94. The Morgan fingerprint density at radius 1 is 1.14 bits per heavy atom. The Morgan fingerprint density at radius 2 is 1.82 bits per heavy atom. The van der Waals surface area contributed by atoms with Crippen LogP contribution in [-0.4, -0.2) is 25.6 Å². The van der Waals surface area contributed by atoms with E-state index in [1.807, 2.05) is 24.3 Å². The fraction of sp³-hybridized carbons (Fsp3) is 0.333. The Hall–Kier alpha value is -1.71. The first-order valence-electron chi connectivity index (χ1n) is 7.40.